The van der Waals surface area contributed by atoms with E-state index in [2.05, 4.69) is 77.7 Å². The molecule has 0 N–H and O–H groups in total. The van der Waals surface area contributed by atoms with Crippen molar-refractivity contribution >= 4 is 21.5 Å². The van der Waals surface area contributed by atoms with Gasteiger partial charge in [0.05, 0.1) is 0 Å². The SMILES string of the molecule is CCOCOc1ccc2ccccc2c1Cc1c(OCCN2CCCC2)ccc2ccccc12. The molecule has 1 aliphatic heterocycles. The van der Waals surface area contributed by atoms with Crippen molar-refractivity contribution in [2.45, 2.75) is 26.2 Å². The third kappa shape index (κ3) is 5.03. The van der Waals surface area contributed by atoms with Gasteiger partial charge in [0.2, 0.25) is 0 Å². The van der Waals surface area contributed by atoms with E-state index in [4.69, 9.17) is 14.2 Å². The molecule has 1 heterocycles. The molecule has 0 bridgehead atoms. The van der Waals surface area contributed by atoms with Crippen LogP contribution in [-0.4, -0.2) is 44.5 Å². The number of likely N-dealkylation sites (tertiary alicyclic amines) is 1. The quantitative estimate of drug-likeness (QED) is 0.204. The maximum absolute atomic E-state index is 6.42. The molecule has 1 fully saturated rings. The van der Waals surface area contributed by atoms with E-state index in [9.17, 15) is 0 Å². The minimum Gasteiger partial charge on any atom is -0.492 e. The van der Waals surface area contributed by atoms with Gasteiger partial charge in [-0.1, -0.05) is 60.7 Å². The van der Waals surface area contributed by atoms with E-state index in [1.54, 1.807) is 0 Å². The molecule has 0 unspecified atom stereocenters. The van der Waals surface area contributed by atoms with E-state index >= 15 is 0 Å². The summed E-state index contributed by atoms with van der Waals surface area (Å²) in [4.78, 5) is 2.49. The Kier molecular flexibility index (Phi) is 7.28. The normalized spacial score (nSPS) is 14.1. The van der Waals surface area contributed by atoms with Crippen LogP contribution in [0.4, 0.5) is 0 Å². The lowest BCUT2D eigenvalue weighted by atomic mass is 9.93. The lowest BCUT2D eigenvalue weighted by molar-refractivity contribution is 0.0220. The molecule has 0 aromatic heterocycles. The van der Waals surface area contributed by atoms with Crippen molar-refractivity contribution in [3.63, 3.8) is 0 Å². The van der Waals surface area contributed by atoms with E-state index < -0.39 is 0 Å². The highest BCUT2D eigenvalue weighted by molar-refractivity contribution is 5.91. The van der Waals surface area contributed by atoms with E-state index in [1.807, 2.05) is 6.92 Å². The Balaban J connectivity index is 1.52. The van der Waals surface area contributed by atoms with Gasteiger partial charge in [-0.3, -0.25) is 4.90 Å². The van der Waals surface area contributed by atoms with E-state index in [0.717, 1.165) is 24.5 Å². The van der Waals surface area contributed by atoms with Crippen LogP contribution in [0.25, 0.3) is 21.5 Å². The summed E-state index contributed by atoms with van der Waals surface area (Å²) < 4.78 is 18.0. The van der Waals surface area contributed by atoms with Gasteiger partial charge in [-0.15, -0.1) is 0 Å². The molecular weight excluding hydrogens is 422 g/mol. The zero-order valence-corrected chi connectivity index (χ0v) is 20.0. The molecule has 0 atom stereocenters. The van der Waals surface area contributed by atoms with Crippen molar-refractivity contribution in [2.24, 2.45) is 0 Å². The van der Waals surface area contributed by atoms with Gasteiger partial charge in [0.25, 0.3) is 0 Å². The molecule has 4 aromatic rings. The maximum Gasteiger partial charge on any atom is 0.189 e. The first-order valence-corrected chi connectivity index (χ1v) is 12.4. The van der Waals surface area contributed by atoms with Crippen molar-refractivity contribution in [1.29, 1.82) is 0 Å². The third-order valence-corrected chi connectivity index (χ3v) is 6.71. The van der Waals surface area contributed by atoms with Gasteiger partial charge >= 0.3 is 0 Å². The lowest BCUT2D eigenvalue weighted by Gasteiger charge is -2.19. The van der Waals surface area contributed by atoms with Crippen LogP contribution in [0.15, 0.2) is 72.8 Å². The standard InChI is InChI=1S/C30H33NO3/c1-2-32-22-34-30-16-14-24-10-4-6-12-26(24)28(30)21-27-25-11-5-3-9-23(25)13-15-29(27)33-20-19-31-17-7-8-18-31/h3-6,9-16H,2,7-8,17-22H2,1H3. The molecule has 1 saturated heterocycles. The van der Waals surface area contributed by atoms with Gasteiger partial charge in [0.15, 0.2) is 6.79 Å². The predicted octanol–water partition coefficient (Wildman–Crippen LogP) is 6.43. The molecule has 0 saturated carbocycles. The summed E-state index contributed by atoms with van der Waals surface area (Å²) in [5.41, 5.74) is 2.37. The van der Waals surface area contributed by atoms with Crippen LogP contribution in [-0.2, 0) is 11.2 Å². The first kappa shape index (κ1) is 22.7. The second kappa shape index (κ2) is 10.9. The summed E-state index contributed by atoms with van der Waals surface area (Å²) in [6.07, 6.45) is 3.32. The second-order valence-electron chi connectivity index (χ2n) is 8.86. The minimum absolute atomic E-state index is 0.247. The Hall–Kier alpha value is -3.08. The molecule has 4 aromatic carbocycles. The summed E-state index contributed by atoms with van der Waals surface area (Å²) in [6.45, 7) is 6.90. The maximum atomic E-state index is 6.42. The summed E-state index contributed by atoms with van der Waals surface area (Å²) in [6, 6.07) is 25.6. The van der Waals surface area contributed by atoms with E-state index in [1.165, 1.54) is 58.6 Å². The third-order valence-electron chi connectivity index (χ3n) is 6.71. The van der Waals surface area contributed by atoms with Crippen LogP contribution < -0.4 is 9.47 Å². The summed E-state index contributed by atoms with van der Waals surface area (Å²) >= 11 is 0. The van der Waals surface area contributed by atoms with Crippen molar-refractivity contribution in [1.82, 2.24) is 4.90 Å². The molecule has 4 heteroatoms. The molecule has 0 amide bonds. The molecule has 5 rings (SSSR count). The van der Waals surface area contributed by atoms with Crippen LogP contribution in [0.5, 0.6) is 11.5 Å². The number of ether oxygens (including phenoxy) is 3. The molecule has 0 radical (unpaired) electrons. The average molecular weight is 456 g/mol. The van der Waals surface area contributed by atoms with Gasteiger partial charge in [0, 0.05) is 30.7 Å². The number of nitrogens with zero attached hydrogens (tertiary/aromatic N) is 1. The average Bonchev–Trinajstić information content (AvgIpc) is 3.40. The number of hydrogen-bond acceptors (Lipinski definition) is 4. The number of fused-ring (bicyclic) bond motifs is 2. The highest BCUT2D eigenvalue weighted by Gasteiger charge is 2.17. The van der Waals surface area contributed by atoms with Crippen molar-refractivity contribution < 1.29 is 14.2 Å². The zero-order chi connectivity index (χ0) is 23.2. The monoisotopic (exact) mass is 455 g/mol. The van der Waals surface area contributed by atoms with Gasteiger partial charge in [0.1, 0.15) is 18.1 Å². The molecule has 34 heavy (non-hydrogen) atoms. The van der Waals surface area contributed by atoms with Gasteiger partial charge < -0.3 is 14.2 Å². The van der Waals surface area contributed by atoms with Gasteiger partial charge in [-0.2, -0.15) is 0 Å². The number of benzene rings is 4. The highest BCUT2D eigenvalue weighted by atomic mass is 16.7. The van der Waals surface area contributed by atoms with E-state index in [0.29, 0.717) is 13.2 Å². The minimum atomic E-state index is 0.247. The van der Waals surface area contributed by atoms with Crippen molar-refractivity contribution in [2.75, 3.05) is 39.6 Å². The van der Waals surface area contributed by atoms with Crippen molar-refractivity contribution in [3.8, 4) is 11.5 Å². The smallest absolute Gasteiger partial charge is 0.189 e. The van der Waals surface area contributed by atoms with Crippen molar-refractivity contribution in [3.05, 3.63) is 83.9 Å². The van der Waals surface area contributed by atoms with E-state index in [-0.39, 0.29) is 6.79 Å². The van der Waals surface area contributed by atoms with Gasteiger partial charge in [-0.05, 0) is 66.5 Å². The van der Waals surface area contributed by atoms with Crippen LogP contribution in [0, 0.1) is 0 Å². The molecule has 4 nitrogen and oxygen atoms in total. The first-order chi connectivity index (χ1) is 16.8. The lowest BCUT2D eigenvalue weighted by Crippen LogP contribution is -2.25. The largest absolute Gasteiger partial charge is 0.492 e. The Bertz CT molecular complexity index is 1250. The number of rotatable bonds is 10. The highest BCUT2D eigenvalue weighted by Crippen LogP contribution is 2.36. The summed E-state index contributed by atoms with van der Waals surface area (Å²) in [5.74, 6) is 1.82. The van der Waals surface area contributed by atoms with Crippen LogP contribution >= 0.6 is 0 Å². The van der Waals surface area contributed by atoms with Gasteiger partial charge in [-0.25, -0.2) is 0 Å². The molecular formula is C30H33NO3. The fourth-order valence-electron chi connectivity index (χ4n) is 4.92. The molecule has 1 aliphatic rings. The Morgan fingerprint density at radius 3 is 1.91 bits per heavy atom. The summed E-state index contributed by atoms with van der Waals surface area (Å²) in [5, 5.41) is 4.86. The Labute approximate surface area is 202 Å². The first-order valence-electron chi connectivity index (χ1n) is 12.4. The molecule has 0 spiro atoms. The zero-order valence-electron chi connectivity index (χ0n) is 20.0. The Morgan fingerprint density at radius 1 is 0.706 bits per heavy atom. The summed E-state index contributed by atoms with van der Waals surface area (Å²) in [7, 11) is 0. The fourth-order valence-corrected chi connectivity index (χ4v) is 4.92. The van der Waals surface area contributed by atoms with Crippen LogP contribution in [0.3, 0.4) is 0 Å². The van der Waals surface area contributed by atoms with Crippen LogP contribution in [0.1, 0.15) is 30.9 Å². The second-order valence-corrected chi connectivity index (χ2v) is 8.86. The molecule has 176 valence electrons. The fraction of sp³-hybridized carbons (Fsp3) is 0.333. The Morgan fingerprint density at radius 2 is 1.29 bits per heavy atom. The predicted molar refractivity (Wildman–Crippen MR) is 139 cm³/mol. The molecule has 0 aliphatic carbocycles. The van der Waals surface area contributed by atoms with Crippen LogP contribution in [0.2, 0.25) is 0 Å². The topological polar surface area (TPSA) is 30.9 Å². The number of hydrogen-bond donors (Lipinski definition) is 0.